The average molecular weight is 430 g/mol. The third kappa shape index (κ3) is 4.29. The second-order valence-corrected chi connectivity index (χ2v) is 8.99. The van der Waals surface area contributed by atoms with Crippen LogP contribution in [0.4, 0.5) is 4.39 Å². The smallest absolute Gasteiger partial charge is 0.131 e. The number of nitrogens with zero attached hydrogens (tertiary/aromatic N) is 2. The van der Waals surface area contributed by atoms with Crippen molar-refractivity contribution in [2.24, 2.45) is 0 Å². The molecule has 3 nitrogen and oxygen atoms in total. The molecule has 1 unspecified atom stereocenters. The summed E-state index contributed by atoms with van der Waals surface area (Å²) in [5.74, 6) is 2.03. The van der Waals surface area contributed by atoms with Gasteiger partial charge in [-0.15, -0.1) is 0 Å². The Morgan fingerprint density at radius 1 is 0.839 bits per heavy atom. The Labute approximate surface area is 186 Å². The van der Waals surface area contributed by atoms with Crippen LogP contribution in [0.5, 0.6) is 0 Å². The molecule has 2 heterocycles. The number of aromatic nitrogens is 2. The fourth-order valence-electron chi connectivity index (χ4n) is 4.27. The molecule has 1 aliphatic rings. The molecule has 5 rings (SSSR count). The van der Waals surface area contributed by atoms with Gasteiger partial charge in [-0.05, 0) is 34.4 Å². The second-order valence-electron chi connectivity index (χ2n) is 7.77. The third-order valence-electron chi connectivity index (χ3n) is 5.86. The maximum Gasteiger partial charge on any atom is 0.131 e. The number of hydrogen-bond donors (Lipinski definition) is 1. The predicted molar refractivity (Wildman–Crippen MR) is 127 cm³/mol. The van der Waals surface area contributed by atoms with Gasteiger partial charge in [-0.2, -0.15) is 16.9 Å². The van der Waals surface area contributed by atoms with Crippen molar-refractivity contribution in [1.82, 2.24) is 15.1 Å². The lowest BCUT2D eigenvalue weighted by Gasteiger charge is -2.34. The first-order valence-corrected chi connectivity index (χ1v) is 11.7. The summed E-state index contributed by atoms with van der Waals surface area (Å²) in [5.41, 5.74) is 6.02. The zero-order valence-electron chi connectivity index (χ0n) is 17.2. The lowest BCUT2D eigenvalue weighted by Crippen LogP contribution is -2.36. The molecule has 0 saturated carbocycles. The van der Waals surface area contributed by atoms with E-state index in [2.05, 4.69) is 39.4 Å². The number of nitrogens with one attached hydrogen (secondary N) is 1. The Balaban J connectivity index is 1.51. The van der Waals surface area contributed by atoms with Crippen LogP contribution in [-0.4, -0.2) is 39.7 Å². The summed E-state index contributed by atoms with van der Waals surface area (Å²) >= 11 is 1.99. The molecule has 0 amide bonds. The van der Waals surface area contributed by atoms with Crippen LogP contribution in [0.1, 0.15) is 17.2 Å². The van der Waals surface area contributed by atoms with Crippen molar-refractivity contribution in [3.63, 3.8) is 0 Å². The maximum atomic E-state index is 14.9. The number of thioether (sulfide) groups is 1. The largest absolute Gasteiger partial charge is 0.291 e. The fraction of sp³-hybridized carbons (Fsp3) is 0.192. The van der Waals surface area contributed by atoms with Crippen LogP contribution >= 0.6 is 11.8 Å². The number of aromatic amines is 1. The zero-order valence-corrected chi connectivity index (χ0v) is 18.0. The summed E-state index contributed by atoms with van der Waals surface area (Å²) in [6.45, 7) is 2.03. The van der Waals surface area contributed by atoms with Gasteiger partial charge in [0.15, 0.2) is 0 Å². The molecule has 1 fully saturated rings. The molecule has 0 aliphatic carbocycles. The van der Waals surface area contributed by atoms with Crippen LogP contribution in [0.15, 0.2) is 85.2 Å². The van der Waals surface area contributed by atoms with Crippen LogP contribution in [-0.2, 0) is 0 Å². The lowest BCUT2D eigenvalue weighted by molar-refractivity contribution is 0.249. The summed E-state index contributed by atoms with van der Waals surface area (Å²) in [6, 6.07) is 24.0. The van der Waals surface area contributed by atoms with Gasteiger partial charge in [0.25, 0.3) is 0 Å². The van der Waals surface area contributed by atoms with Crippen LogP contribution in [0.25, 0.3) is 22.3 Å². The Bertz CT molecular complexity index is 1120. The molecule has 0 radical (unpaired) electrons. The topological polar surface area (TPSA) is 31.9 Å². The molecular weight excluding hydrogens is 405 g/mol. The molecule has 5 heteroatoms. The third-order valence-corrected chi connectivity index (χ3v) is 6.80. The standard InChI is InChI=1S/C26H24FN3S/c27-25-11-10-22(26(23-17-28-29-18-23)30-12-14-31-15-13-30)16-24(25)21-8-6-20(7-9-21)19-4-2-1-3-5-19/h1-11,16-18,26H,12-15H2,(H,28,29). The van der Waals surface area contributed by atoms with Gasteiger partial charge in [-0.3, -0.25) is 10.00 Å². The molecule has 1 aliphatic heterocycles. The lowest BCUT2D eigenvalue weighted by atomic mass is 9.94. The number of H-pyrrole nitrogens is 1. The highest BCUT2D eigenvalue weighted by molar-refractivity contribution is 7.99. The first kappa shape index (κ1) is 20.0. The molecule has 0 bridgehead atoms. The summed E-state index contributed by atoms with van der Waals surface area (Å²) in [4.78, 5) is 2.47. The van der Waals surface area contributed by atoms with Gasteiger partial charge >= 0.3 is 0 Å². The van der Waals surface area contributed by atoms with Gasteiger partial charge in [0.2, 0.25) is 0 Å². The summed E-state index contributed by atoms with van der Waals surface area (Å²) < 4.78 is 14.9. The summed E-state index contributed by atoms with van der Waals surface area (Å²) in [7, 11) is 0. The summed E-state index contributed by atoms with van der Waals surface area (Å²) in [5, 5.41) is 7.11. The fourth-order valence-corrected chi connectivity index (χ4v) is 5.20. The van der Waals surface area contributed by atoms with E-state index in [4.69, 9.17) is 0 Å². The molecule has 3 aromatic carbocycles. The van der Waals surface area contributed by atoms with E-state index in [0.717, 1.165) is 52.4 Å². The number of hydrogen-bond acceptors (Lipinski definition) is 3. The molecule has 156 valence electrons. The normalized spacial score (nSPS) is 15.6. The molecule has 1 aromatic heterocycles. The molecule has 1 atom stereocenters. The van der Waals surface area contributed by atoms with Crippen LogP contribution in [0.3, 0.4) is 0 Å². The summed E-state index contributed by atoms with van der Waals surface area (Å²) in [6.07, 6.45) is 3.83. The number of rotatable bonds is 5. The Morgan fingerprint density at radius 2 is 1.55 bits per heavy atom. The van der Waals surface area contributed by atoms with Crippen molar-refractivity contribution in [3.05, 3.63) is 102 Å². The van der Waals surface area contributed by atoms with Crippen molar-refractivity contribution in [3.8, 4) is 22.3 Å². The van der Waals surface area contributed by atoms with E-state index in [1.165, 1.54) is 0 Å². The van der Waals surface area contributed by atoms with Gasteiger partial charge in [0, 0.05) is 41.9 Å². The number of halogens is 1. The van der Waals surface area contributed by atoms with E-state index in [1.54, 1.807) is 6.07 Å². The highest BCUT2D eigenvalue weighted by Gasteiger charge is 2.25. The Kier molecular flexibility index (Phi) is 5.87. The van der Waals surface area contributed by atoms with Crippen LogP contribution in [0, 0.1) is 5.82 Å². The van der Waals surface area contributed by atoms with E-state index >= 15 is 0 Å². The van der Waals surface area contributed by atoms with Crippen molar-refractivity contribution < 1.29 is 4.39 Å². The molecular formula is C26H24FN3S. The predicted octanol–water partition coefficient (Wildman–Crippen LogP) is 6.02. The molecule has 4 aromatic rings. The first-order chi connectivity index (χ1) is 15.3. The van der Waals surface area contributed by atoms with Crippen LogP contribution in [0.2, 0.25) is 0 Å². The van der Waals surface area contributed by atoms with E-state index in [9.17, 15) is 4.39 Å². The molecule has 1 N–H and O–H groups in total. The minimum absolute atomic E-state index is 0.0718. The monoisotopic (exact) mass is 429 g/mol. The van der Waals surface area contributed by atoms with Crippen LogP contribution < -0.4 is 0 Å². The molecule has 1 saturated heterocycles. The van der Waals surface area contributed by atoms with Crippen molar-refractivity contribution >= 4 is 11.8 Å². The zero-order chi connectivity index (χ0) is 21.0. The van der Waals surface area contributed by atoms with E-state index < -0.39 is 0 Å². The minimum Gasteiger partial charge on any atom is -0.291 e. The first-order valence-electron chi connectivity index (χ1n) is 10.6. The van der Waals surface area contributed by atoms with Crippen molar-refractivity contribution in [1.29, 1.82) is 0 Å². The van der Waals surface area contributed by atoms with E-state index in [0.29, 0.717) is 5.56 Å². The Hall–Kier alpha value is -2.89. The maximum absolute atomic E-state index is 14.9. The van der Waals surface area contributed by atoms with Crippen molar-refractivity contribution in [2.45, 2.75) is 6.04 Å². The van der Waals surface area contributed by atoms with Gasteiger partial charge in [0.05, 0.1) is 12.2 Å². The SMILES string of the molecule is Fc1ccc(C(c2cn[nH]c2)N2CCSCC2)cc1-c1ccc(-c2ccccc2)cc1. The van der Waals surface area contributed by atoms with Gasteiger partial charge in [0.1, 0.15) is 5.82 Å². The second kappa shape index (κ2) is 9.08. The van der Waals surface area contributed by atoms with E-state index in [-0.39, 0.29) is 11.9 Å². The highest BCUT2D eigenvalue weighted by atomic mass is 32.2. The van der Waals surface area contributed by atoms with E-state index in [1.807, 2.05) is 66.6 Å². The highest BCUT2D eigenvalue weighted by Crippen LogP contribution is 2.34. The Morgan fingerprint density at radius 3 is 2.26 bits per heavy atom. The molecule has 0 spiro atoms. The quantitative estimate of drug-likeness (QED) is 0.421. The van der Waals surface area contributed by atoms with Gasteiger partial charge in [-0.1, -0.05) is 60.7 Å². The molecule has 31 heavy (non-hydrogen) atoms. The van der Waals surface area contributed by atoms with Gasteiger partial charge in [-0.25, -0.2) is 4.39 Å². The average Bonchev–Trinajstić information content (AvgIpc) is 3.36. The van der Waals surface area contributed by atoms with Crippen molar-refractivity contribution in [2.75, 3.05) is 24.6 Å². The van der Waals surface area contributed by atoms with Gasteiger partial charge < -0.3 is 0 Å². The minimum atomic E-state index is -0.198. The number of benzene rings is 3.